The summed E-state index contributed by atoms with van der Waals surface area (Å²) in [6, 6.07) is 12.1. The lowest BCUT2D eigenvalue weighted by Crippen LogP contribution is -2.27. The second-order valence-electron chi connectivity index (χ2n) is 6.95. The van der Waals surface area contributed by atoms with Crippen LogP contribution in [0.5, 0.6) is 0 Å². The summed E-state index contributed by atoms with van der Waals surface area (Å²) in [7, 11) is 0. The molecule has 0 spiro atoms. The molecule has 3 saturated carbocycles. The van der Waals surface area contributed by atoms with Crippen LogP contribution in [-0.4, -0.2) is 12.6 Å². The summed E-state index contributed by atoms with van der Waals surface area (Å²) in [5.74, 6) is 3.86. The maximum Gasteiger partial charge on any atom is 0.00683 e. The minimum atomic E-state index is 0.880. The van der Waals surface area contributed by atoms with Crippen LogP contribution in [0.15, 0.2) is 30.3 Å². The van der Waals surface area contributed by atoms with Crippen molar-refractivity contribution in [2.24, 2.45) is 17.8 Å². The van der Waals surface area contributed by atoms with Crippen LogP contribution in [0.3, 0.4) is 0 Å². The lowest BCUT2D eigenvalue weighted by atomic mass is 9.89. The van der Waals surface area contributed by atoms with E-state index in [1.165, 1.54) is 45.1 Å². The Balaban J connectivity index is 1.36. The Morgan fingerprint density at radius 3 is 2.58 bits per heavy atom. The van der Waals surface area contributed by atoms with Crippen molar-refractivity contribution in [3.63, 3.8) is 0 Å². The molecule has 0 saturated heterocycles. The molecule has 1 aromatic carbocycles. The van der Waals surface area contributed by atoms with E-state index in [2.05, 4.69) is 35.6 Å². The van der Waals surface area contributed by atoms with Gasteiger partial charge in [-0.15, -0.1) is 0 Å². The Labute approximate surface area is 116 Å². The molecular formula is C18H25N. The highest BCUT2D eigenvalue weighted by atomic mass is 14.9. The third kappa shape index (κ3) is 2.58. The Hall–Kier alpha value is -0.820. The van der Waals surface area contributed by atoms with Crippen LogP contribution in [-0.2, 0) is 0 Å². The van der Waals surface area contributed by atoms with Gasteiger partial charge < -0.3 is 5.32 Å². The summed E-state index contributed by atoms with van der Waals surface area (Å²) in [5.41, 5.74) is 1.59. The number of nitrogens with one attached hydrogen (secondary N) is 1. The van der Waals surface area contributed by atoms with Crippen molar-refractivity contribution < 1.29 is 0 Å². The number of hydrogen-bond acceptors (Lipinski definition) is 1. The van der Waals surface area contributed by atoms with Crippen LogP contribution in [0.25, 0.3) is 0 Å². The van der Waals surface area contributed by atoms with Crippen molar-refractivity contribution in [2.45, 2.75) is 50.5 Å². The molecule has 1 heteroatoms. The molecule has 102 valence electrons. The van der Waals surface area contributed by atoms with Crippen molar-refractivity contribution in [3.8, 4) is 0 Å². The van der Waals surface area contributed by atoms with Crippen molar-refractivity contribution in [1.29, 1.82) is 0 Å². The van der Waals surface area contributed by atoms with Crippen LogP contribution in [0, 0.1) is 17.8 Å². The molecule has 4 unspecified atom stereocenters. The summed E-state index contributed by atoms with van der Waals surface area (Å²) >= 11 is 0. The Morgan fingerprint density at radius 1 is 0.947 bits per heavy atom. The van der Waals surface area contributed by atoms with Gasteiger partial charge in [0, 0.05) is 6.04 Å². The second kappa shape index (κ2) is 4.94. The highest BCUT2D eigenvalue weighted by Gasteiger charge is 2.47. The number of rotatable bonds is 5. The zero-order chi connectivity index (χ0) is 12.7. The van der Waals surface area contributed by atoms with E-state index in [-0.39, 0.29) is 0 Å². The quantitative estimate of drug-likeness (QED) is 0.840. The molecule has 0 aliphatic heterocycles. The minimum Gasteiger partial charge on any atom is -0.314 e. The van der Waals surface area contributed by atoms with Gasteiger partial charge >= 0.3 is 0 Å². The van der Waals surface area contributed by atoms with Crippen LogP contribution >= 0.6 is 0 Å². The number of benzene rings is 1. The fraction of sp³-hybridized carbons (Fsp3) is 0.667. The predicted octanol–water partition coefficient (Wildman–Crippen LogP) is 3.96. The largest absolute Gasteiger partial charge is 0.314 e. The highest BCUT2D eigenvalue weighted by Crippen LogP contribution is 2.57. The maximum atomic E-state index is 3.77. The molecule has 3 aliphatic carbocycles. The standard InChI is InChI=1S/C18H25N/c1-2-5-13(6-3-1)17-11-18(17)16-8-4-7-14(16)12-19-15-9-10-15/h1-3,5-6,14-19H,4,7-12H2. The summed E-state index contributed by atoms with van der Waals surface area (Å²) in [5, 5.41) is 3.77. The molecule has 0 amide bonds. The maximum absolute atomic E-state index is 3.77. The third-order valence-corrected chi connectivity index (χ3v) is 5.58. The lowest BCUT2D eigenvalue weighted by molar-refractivity contribution is 0.325. The smallest absolute Gasteiger partial charge is 0.00683 e. The van der Waals surface area contributed by atoms with Crippen LogP contribution < -0.4 is 5.32 Å². The van der Waals surface area contributed by atoms with Gasteiger partial charge in [0.15, 0.2) is 0 Å². The summed E-state index contributed by atoms with van der Waals surface area (Å²) in [4.78, 5) is 0. The summed E-state index contributed by atoms with van der Waals surface area (Å²) < 4.78 is 0. The molecule has 19 heavy (non-hydrogen) atoms. The molecule has 0 bridgehead atoms. The molecule has 4 atom stereocenters. The first-order valence-corrected chi connectivity index (χ1v) is 8.20. The molecule has 3 fully saturated rings. The SMILES string of the molecule is c1ccc(C2CC2C2CCCC2CNC2CC2)cc1. The van der Waals surface area contributed by atoms with Crippen molar-refractivity contribution >= 4 is 0 Å². The molecule has 0 aromatic heterocycles. The van der Waals surface area contributed by atoms with Gasteiger partial charge in [-0.05, 0) is 67.9 Å². The lowest BCUT2D eigenvalue weighted by Gasteiger charge is -2.20. The van der Waals surface area contributed by atoms with E-state index < -0.39 is 0 Å². The molecule has 1 nitrogen and oxygen atoms in total. The van der Waals surface area contributed by atoms with E-state index in [1.807, 2.05) is 0 Å². The predicted molar refractivity (Wildman–Crippen MR) is 79.1 cm³/mol. The average Bonchev–Trinajstić information content (AvgIpc) is 3.37. The number of hydrogen-bond donors (Lipinski definition) is 1. The van der Waals surface area contributed by atoms with E-state index >= 15 is 0 Å². The fourth-order valence-electron chi connectivity index (χ4n) is 4.26. The van der Waals surface area contributed by atoms with E-state index in [4.69, 9.17) is 0 Å². The molecule has 4 rings (SSSR count). The Kier molecular flexibility index (Phi) is 3.11. The van der Waals surface area contributed by atoms with Gasteiger partial charge in [0.05, 0.1) is 0 Å². The van der Waals surface area contributed by atoms with Crippen LogP contribution in [0.2, 0.25) is 0 Å². The average molecular weight is 255 g/mol. The topological polar surface area (TPSA) is 12.0 Å². The van der Waals surface area contributed by atoms with E-state index in [0.29, 0.717) is 0 Å². The van der Waals surface area contributed by atoms with E-state index in [9.17, 15) is 0 Å². The van der Waals surface area contributed by atoms with Gasteiger partial charge in [-0.3, -0.25) is 0 Å². The van der Waals surface area contributed by atoms with Gasteiger partial charge in [0.2, 0.25) is 0 Å². The monoisotopic (exact) mass is 255 g/mol. The zero-order valence-electron chi connectivity index (χ0n) is 11.7. The van der Waals surface area contributed by atoms with E-state index in [1.54, 1.807) is 5.56 Å². The minimum absolute atomic E-state index is 0.880. The first-order valence-electron chi connectivity index (χ1n) is 8.20. The Morgan fingerprint density at radius 2 is 1.79 bits per heavy atom. The Bertz CT molecular complexity index is 423. The van der Waals surface area contributed by atoms with Gasteiger partial charge in [-0.25, -0.2) is 0 Å². The third-order valence-electron chi connectivity index (χ3n) is 5.58. The molecule has 0 heterocycles. The summed E-state index contributed by atoms with van der Waals surface area (Å²) in [6.07, 6.45) is 8.74. The van der Waals surface area contributed by atoms with Crippen molar-refractivity contribution in [3.05, 3.63) is 35.9 Å². The molecule has 3 aliphatic rings. The van der Waals surface area contributed by atoms with Gasteiger partial charge in [0.25, 0.3) is 0 Å². The molecule has 1 aromatic rings. The van der Waals surface area contributed by atoms with E-state index in [0.717, 1.165) is 29.7 Å². The summed E-state index contributed by atoms with van der Waals surface area (Å²) in [6.45, 7) is 1.30. The fourth-order valence-corrected chi connectivity index (χ4v) is 4.26. The van der Waals surface area contributed by atoms with Crippen molar-refractivity contribution in [1.82, 2.24) is 5.32 Å². The van der Waals surface area contributed by atoms with Crippen LogP contribution in [0.1, 0.15) is 50.0 Å². The molecular weight excluding hydrogens is 230 g/mol. The first-order chi connectivity index (χ1) is 9.42. The highest BCUT2D eigenvalue weighted by molar-refractivity contribution is 5.26. The molecule has 1 N–H and O–H groups in total. The second-order valence-corrected chi connectivity index (χ2v) is 6.95. The molecule has 0 radical (unpaired) electrons. The van der Waals surface area contributed by atoms with Gasteiger partial charge in [-0.1, -0.05) is 36.8 Å². The van der Waals surface area contributed by atoms with Crippen LogP contribution in [0.4, 0.5) is 0 Å². The normalized spacial score (nSPS) is 37.5. The first kappa shape index (κ1) is 12.0. The van der Waals surface area contributed by atoms with Crippen molar-refractivity contribution in [2.75, 3.05) is 6.54 Å². The van der Waals surface area contributed by atoms with Gasteiger partial charge in [-0.2, -0.15) is 0 Å². The zero-order valence-corrected chi connectivity index (χ0v) is 11.7. The van der Waals surface area contributed by atoms with Gasteiger partial charge in [0.1, 0.15) is 0 Å².